The number of benzene rings is 14. The van der Waals surface area contributed by atoms with E-state index < -0.39 is 0 Å². The van der Waals surface area contributed by atoms with Crippen LogP contribution in [0, 0.1) is 84.1 Å². The first-order valence-electron chi connectivity index (χ1n) is 40.3. The number of anilines is 5. The molecule has 0 saturated heterocycles. The number of nitrogens with zero attached hydrogens (tertiary/aromatic N) is 13. The zero-order valence-electron chi connectivity index (χ0n) is 69.5. The Kier molecular flexibility index (Phi) is 27.4. The van der Waals surface area contributed by atoms with Crippen LogP contribution >= 0.6 is 11.3 Å². The molecule has 0 bridgehead atoms. The molecule has 3 aliphatic heterocycles. The normalized spacial score (nSPS) is 12.3. The Labute approximate surface area is 774 Å². The number of aryl methyl sites for hydroxylation is 4. The van der Waals surface area contributed by atoms with Crippen molar-refractivity contribution in [3.63, 3.8) is 0 Å². The molecule has 0 aliphatic carbocycles. The van der Waals surface area contributed by atoms with Crippen molar-refractivity contribution in [1.82, 2.24) is 43.7 Å². The van der Waals surface area contributed by atoms with Gasteiger partial charge < -0.3 is 38.4 Å². The fourth-order valence-corrected chi connectivity index (χ4v) is 16.6. The Morgan fingerprint density at radius 3 is 1.36 bits per heavy atom. The number of furan rings is 1. The van der Waals surface area contributed by atoms with Crippen molar-refractivity contribution in [3.05, 3.63) is 444 Å². The molecular weight excluding hydrogens is 2090 g/mol. The van der Waals surface area contributed by atoms with Gasteiger partial charge in [-0.05, 0) is 170 Å². The number of fused-ring (bicyclic) bond motifs is 10. The van der Waals surface area contributed by atoms with Gasteiger partial charge in [0.25, 0.3) is 0 Å². The molecule has 20 aromatic rings. The minimum absolute atomic E-state index is 0. The smallest absolute Gasteiger partial charge is 0.510 e. The second-order valence-corrected chi connectivity index (χ2v) is 30.9. The molecule has 0 fully saturated rings. The Morgan fingerprint density at radius 2 is 0.816 bits per heavy atom. The van der Waals surface area contributed by atoms with E-state index in [4.69, 9.17) is 4.42 Å². The first-order chi connectivity index (χ1) is 59.8. The van der Waals surface area contributed by atoms with Gasteiger partial charge in [-0.15, -0.1) is 81.5 Å². The predicted octanol–water partition coefficient (Wildman–Crippen LogP) is 25.5. The molecule has 0 saturated carbocycles. The largest absolute Gasteiger partial charge is 3.00 e. The van der Waals surface area contributed by atoms with E-state index in [0.29, 0.717) is 0 Å². The van der Waals surface area contributed by atoms with Crippen LogP contribution < -0.4 is 19.6 Å². The van der Waals surface area contributed by atoms with Crippen LogP contribution in [-0.2, 0) is 60.3 Å². The van der Waals surface area contributed by atoms with Gasteiger partial charge in [-0.25, -0.2) is 0 Å². The van der Waals surface area contributed by atoms with Crippen LogP contribution in [0.4, 0.5) is 28.4 Å². The fraction of sp³-hybridized carbons (Fsp3) is 0.0654. The van der Waals surface area contributed by atoms with Gasteiger partial charge in [0.1, 0.15) is 11.2 Å². The third kappa shape index (κ3) is 19.3. The third-order valence-electron chi connectivity index (χ3n) is 21.3. The van der Waals surface area contributed by atoms with E-state index in [9.17, 15) is 0 Å². The number of thiophene rings is 1. The van der Waals surface area contributed by atoms with Crippen molar-refractivity contribution >= 4 is 104 Å². The summed E-state index contributed by atoms with van der Waals surface area (Å²) in [5.74, 6) is 0. The van der Waals surface area contributed by atoms with Gasteiger partial charge in [0.15, 0.2) is 0 Å². The van der Waals surface area contributed by atoms with E-state index in [1.54, 1.807) is 10.9 Å². The van der Waals surface area contributed by atoms with Gasteiger partial charge in [-0.3, -0.25) is 14.0 Å². The van der Waals surface area contributed by atoms with Crippen molar-refractivity contribution in [2.45, 2.75) is 27.7 Å². The summed E-state index contributed by atoms with van der Waals surface area (Å²) < 4.78 is 16.6. The molecule has 23 rings (SSSR count). The van der Waals surface area contributed by atoms with E-state index in [-0.39, 0.29) is 60.3 Å². The predicted molar refractivity (Wildman–Crippen MR) is 501 cm³/mol. The molecule has 3 aliphatic rings. The zero-order valence-corrected chi connectivity index (χ0v) is 77.5. The van der Waals surface area contributed by atoms with E-state index in [0.717, 1.165) is 95.5 Å². The first kappa shape index (κ1) is 86.7. The van der Waals surface area contributed by atoms with Crippen molar-refractivity contribution < 1.29 is 64.7 Å². The number of hydrogen-bond donors (Lipinski definition) is 0. The summed E-state index contributed by atoms with van der Waals surface area (Å²) in [6, 6.07) is 132. The molecule has 14 aromatic carbocycles. The summed E-state index contributed by atoms with van der Waals surface area (Å²) in [6.45, 7) is 14.2. The third-order valence-corrected chi connectivity index (χ3v) is 22.4. The Balaban J connectivity index is 0.000000121. The minimum Gasteiger partial charge on any atom is -0.510 e. The summed E-state index contributed by atoms with van der Waals surface area (Å²) in [7, 11) is 6.10. The Hall–Kier alpha value is -13.2. The standard InChI is InChI=1S/C32H23N3.C22H16N2O.C22H16N2S.2C11H11N2.C9H7N2.3Ir/c1-33-22-34(31-14-8-7-13-30(31)33)25-18-15-23(16-19-25)24-17-20-28-27-11-5-6-12-29(27)35(32(28)21-24)26-9-3-2-4-10-26;2*1-23-12-13-24(15-23)18-9-6-16(7-10-18)17-8-11-20-19-4-2-3-5-21(19)25-22(20)14-17;2*1-9-8-10(2)13(12-9)11-6-4-3-5-7-11;1-2-5-9(6-3-1)11-8-4-7-10-11;;;/h2-18,20-22H,1H3;2*2-9,11-15H,1H3;2*3-6,8H,1-2H3;1-5,7-8H;;;/q3*-2;3*-1;3*+3. The summed E-state index contributed by atoms with van der Waals surface area (Å²) in [5, 5.41) is 20.3. The van der Waals surface area contributed by atoms with Crippen LogP contribution in [0.1, 0.15) is 22.8 Å². The van der Waals surface area contributed by atoms with Gasteiger partial charge in [0, 0.05) is 82.6 Å². The van der Waals surface area contributed by atoms with Crippen LogP contribution in [0.5, 0.6) is 0 Å². The van der Waals surface area contributed by atoms with Crippen LogP contribution in [0.15, 0.2) is 369 Å². The number of hydrogen-bond acceptors (Lipinski definition) is 11. The summed E-state index contributed by atoms with van der Waals surface area (Å²) in [4.78, 5) is 12.5. The van der Waals surface area contributed by atoms with Gasteiger partial charge in [-0.2, -0.15) is 163 Å². The molecule has 0 atom stereocenters. The van der Waals surface area contributed by atoms with Gasteiger partial charge in [-0.1, -0.05) is 138 Å². The maximum atomic E-state index is 5.99. The second-order valence-electron chi connectivity index (χ2n) is 29.9. The van der Waals surface area contributed by atoms with Gasteiger partial charge in [0.05, 0.1) is 22.4 Å². The van der Waals surface area contributed by atoms with Crippen molar-refractivity contribution in [1.29, 1.82) is 0 Å². The molecule has 18 heteroatoms. The van der Waals surface area contributed by atoms with Crippen molar-refractivity contribution in [2.75, 3.05) is 40.7 Å². The van der Waals surface area contributed by atoms with Crippen molar-refractivity contribution in [3.8, 4) is 56.1 Å². The maximum absolute atomic E-state index is 5.99. The molecular formula is C107H84Ir3N13OS. The van der Waals surface area contributed by atoms with Crippen LogP contribution in [0.3, 0.4) is 0 Å². The second kappa shape index (κ2) is 39.5. The molecule has 0 spiro atoms. The van der Waals surface area contributed by atoms with Gasteiger partial charge >= 0.3 is 60.3 Å². The summed E-state index contributed by atoms with van der Waals surface area (Å²) in [6.07, 6.45) is 11.7. The topological polar surface area (TPSA) is 91.0 Å². The molecule has 0 amide bonds. The van der Waals surface area contributed by atoms with E-state index in [1.165, 1.54) is 75.7 Å². The molecule has 6 aromatic heterocycles. The molecule has 0 radical (unpaired) electrons. The average Bonchev–Trinajstić information content (AvgIpc) is 1.59. The average molecular weight is 2180 g/mol. The number of aromatic nitrogens is 7. The van der Waals surface area contributed by atoms with E-state index >= 15 is 0 Å². The van der Waals surface area contributed by atoms with Gasteiger partial charge in [0.2, 0.25) is 0 Å². The van der Waals surface area contributed by atoms with E-state index in [1.807, 2.05) is 225 Å². The molecule has 0 unspecified atom stereocenters. The first-order valence-corrected chi connectivity index (χ1v) is 41.1. The monoisotopic (exact) mass is 2180 g/mol. The molecule has 125 heavy (non-hydrogen) atoms. The van der Waals surface area contributed by atoms with E-state index in [2.05, 4.69) is 309 Å². The van der Waals surface area contributed by atoms with Crippen LogP contribution in [0.25, 0.3) is 120 Å². The molecule has 0 N–H and O–H groups in total. The quantitative estimate of drug-likeness (QED) is 0.123. The summed E-state index contributed by atoms with van der Waals surface area (Å²) in [5.41, 5.74) is 25.3. The fourth-order valence-electron chi connectivity index (χ4n) is 15.4. The number of para-hydroxylation sites is 8. The van der Waals surface area contributed by atoms with Crippen LogP contribution in [0.2, 0.25) is 0 Å². The SMILES string of the molecule is CN1C=CN(c2[c-]cc(-c3ccc4c(c3)oc3ccccc34)cc2)[CH-]1.CN1C=CN(c2[c-]cc(-c3ccc4c(c3)sc3ccccc34)cc2)[CH-]1.CN1[CH-]N(c2[c-]cc(-c3ccc4c5ccccc5n(-c5ccccc5)c4c3)cc2)c2ccccc21.Cc1cc(C)n(-c2[c-]cccc2)n1.Cc1cc(C)n(-c2[c-]cccc2)n1.[Ir+3].[Ir+3].[Ir+3].[c-]1ccccc1-n1cccn1. The number of rotatable bonds is 10. The minimum atomic E-state index is 0. The molecule has 616 valence electrons. The van der Waals surface area contributed by atoms with Crippen molar-refractivity contribution in [2.24, 2.45) is 0 Å². The molecule has 9 heterocycles. The Bertz CT molecular complexity index is 6790. The van der Waals surface area contributed by atoms with Crippen LogP contribution in [-0.4, -0.2) is 64.9 Å². The Morgan fingerprint density at radius 1 is 0.344 bits per heavy atom. The zero-order chi connectivity index (χ0) is 83.0. The maximum Gasteiger partial charge on any atom is 3.00 e. The summed E-state index contributed by atoms with van der Waals surface area (Å²) >= 11 is 1.86. The molecule has 14 nitrogen and oxygen atoms in total.